The van der Waals surface area contributed by atoms with E-state index in [1.54, 1.807) is 0 Å². The van der Waals surface area contributed by atoms with Crippen molar-refractivity contribution in [1.82, 2.24) is 0 Å². The molecular weight excluding hydrogens is 304 g/mol. The first kappa shape index (κ1) is 15.9. The van der Waals surface area contributed by atoms with E-state index in [2.05, 4.69) is 0 Å². The maximum atomic E-state index is 13.8. The summed E-state index contributed by atoms with van der Waals surface area (Å²) >= 11 is 0. The van der Waals surface area contributed by atoms with Gasteiger partial charge in [0.2, 0.25) is 0 Å². The molecule has 0 aliphatic heterocycles. The molecule has 0 aromatic heterocycles. The van der Waals surface area contributed by atoms with Crippen molar-refractivity contribution in [3.63, 3.8) is 0 Å². The van der Waals surface area contributed by atoms with Crippen LogP contribution in [0.25, 0.3) is 0 Å². The maximum Gasteiger partial charge on any atom is 0.369 e. The lowest BCUT2D eigenvalue weighted by atomic mass is 10.0. The standard InChI is InChI=1S/C21H17F2N/c22-21(23)24(16-17-10-4-1-5-11-17)20(18-12-6-2-7-13-18)19-14-8-3-9-15-19/h1-15H,16H2. The smallest absolute Gasteiger partial charge is 0.295 e. The van der Waals surface area contributed by atoms with Crippen LogP contribution in [0, 0.1) is 6.55 Å². The number of hydrogen-bond donors (Lipinski definition) is 0. The second kappa shape index (κ2) is 7.55. The first-order valence-electron chi connectivity index (χ1n) is 7.73. The Hall–Kier alpha value is -2.94. The molecule has 0 amide bonds. The SMILES string of the molecule is F[C-](F)[N+](Cc1ccccc1)=C(c1ccccc1)c1ccccc1. The van der Waals surface area contributed by atoms with Crippen LogP contribution in [0.3, 0.4) is 0 Å². The molecule has 0 unspecified atom stereocenters. The third kappa shape index (κ3) is 3.69. The van der Waals surface area contributed by atoms with Crippen LogP contribution in [-0.2, 0) is 6.54 Å². The molecule has 0 N–H and O–H groups in total. The molecule has 0 radical (unpaired) electrons. The van der Waals surface area contributed by atoms with Crippen molar-refractivity contribution in [3.05, 3.63) is 114 Å². The zero-order chi connectivity index (χ0) is 16.8. The lowest BCUT2D eigenvalue weighted by molar-refractivity contribution is -0.575. The van der Waals surface area contributed by atoms with Crippen LogP contribution in [0.2, 0.25) is 0 Å². The highest BCUT2D eigenvalue weighted by Gasteiger charge is 2.18. The topological polar surface area (TPSA) is 3.01 Å². The fraction of sp³-hybridized carbons (Fsp3) is 0.0476. The predicted octanol–water partition coefficient (Wildman–Crippen LogP) is 5.12. The van der Waals surface area contributed by atoms with Gasteiger partial charge in [-0.2, -0.15) is 0 Å². The van der Waals surface area contributed by atoms with Crippen LogP contribution < -0.4 is 0 Å². The molecule has 24 heavy (non-hydrogen) atoms. The van der Waals surface area contributed by atoms with Crippen molar-refractivity contribution in [1.29, 1.82) is 0 Å². The zero-order valence-corrected chi connectivity index (χ0v) is 13.1. The molecule has 3 aromatic carbocycles. The predicted molar refractivity (Wildman–Crippen MR) is 92.0 cm³/mol. The fourth-order valence-electron chi connectivity index (χ4n) is 2.66. The minimum atomic E-state index is -1.72. The molecule has 0 saturated carbocycles. The van der Waals surface area contributed by atoms with Gasteiger partial charge in [-0.05, 0) is 11.1 Å². The molecule has 3 aromatic rings. The van der Waals surface area contributed by atoms with Crippen LogP contribution >= 0.6 is 0 Å². The van der Waals surface area contributed by atoms with E-state index < -0.39 is 6.55 Å². The highest BCUT2D eigenvalue weighted by Crippen LogP contribution is 2.18. The van der Waals surface area contributed by atoms with E-state index in [9.17, 15) is 8.78 Å². The minimum absolute atomic E-state index is 0.113. The van der Waals surface area contributed by atoms with E-state index in [0.717, 1.165) is 21.3 Å². The van der Waals surface area contributed by atoms with Crippen LogP contribution in [0.15, 0.2) is 91.0 Å². The maximum absolute atomic E-state index is 13.8. The van der Waals surface area contributed by atoms with Gasteiger partial charge in [-0.1, -0.05) is 91.0 Å². The Morgan fingerprint density at radius 1 is 0.667 bits per heavy atom. The summed E-state index contributed by atoms with van der Waals surface area (Å²) in [6, 6.07) is 27.9. The highest BCUT2D eigenvalue weighted by atomic mass is 19.3. The van der Waals surface area contributed by atoms with Crippen molar-refractivity contribution >= 4 is 5.71 Å². The summed E-state index contributed by atoms with van der Waals surface area (Å²) in [6.45, 7) is -1.61. The van der Waals surface area contributed by atoms with Crippen LogP contribution in [0.4, 0.5) is 8.78 Å². The van der Waals surface area contributed by atoms with E-state index in [1.165, 1.54) is 0 Å². The van der Waals surface area contributed by atoms with Crippen LogP contribution in [-0.4, -0.2) is 10.3 Å². The molecule has 0 aliphatic carbocycles. The summed E-state index contributed by atoms with van der Waals surface area (Å²) < 4.78 is 28.7. The van der Waals surface area contributed by atoms with Crippen molar-refractivity contribution in [3.8, 4) is 0 Å². The Kier molecular flexibility index (Phi) is 5.02. The molecule has 3 heteroatoms. The third-order valence-corrected chi connectivity index (χ3v) is 3.75. The van der Waals surface area contributed by atoms with Gasteiger partial charge in [0.1, 0.15) is 6.54 Å². The zero-order valence-electron chi connectivity index (χ0n) is 13.1. The van der Waals surface area contributed by atoms with Gasteiger partial charge in [-0.3, -0.25) is 4.58 Å². The molecule has 1 nitrogen and oxygen atoms in total. The molecular formula is C21H17F2N. The van der Waals surface area contributed by atoms with Gasteiger partial charge < -0.3 is 0 Å². The quantitative estimate of drug-likeness (QED) is 0.265. The first-order valence-corrected chi connectivity index (χ1v) is 7.73. The highest BCUT2D eigenvalue weighted by molar-refractivity contribution is 6.09. The van der Waals surface area contributed by atoms with E-state index >= 15 is 0 Å². The summed E-state index contributed by atoms with van der Waals surface area (Å²) in [5.74, 6) is 0. The number of nitrogens with zero attached hydrogens (tertiary/aromatic N) is 1. The Balaban J connectivity index is 2.17. The van der Waals surface area contributed by atoms with Gasteiger partial charge in [0.15, 0.2) is 0 Å². The molecule has 0 fully saturated rings. The van der Waals surface area contributed by atoms with E-state index in [1.807, 2.05) is 91.0 Å². The molecule has 0 spiro atoms. The van der Waals surface area contributed by atoms with Crippen molar-refractivity contribution in [2.24, 2.45) is 0 Å². The molecule has 0 heterocycles. The molecule has 0 bridgehead atoms. The van der Waals surface area contributed by atoms with Crippen molar-refractivity contribution in [2.75, 3.05) is 0 Å². The normalized spacial score (nSPS) is 10.2. The largest absolute Gasteiger partial charge is 0.369 e. The molecule has 0 atom stereocenters. The minimum Gasteiger partial charge on any atom is -0.295 e. The van der Waals surface area contributed by atoms with Gasteiger partial charge >= 0.3 is 6.55 Å². The van der Waals surface area contributed by atoms with Crippen molar-refractivity contribution in [2.45, 2.75) is 6.54 Å². The van der Waals surface area contributed by atoms with Crippen LogP contribution in [0.1, 0.15) is 16.7 Å². The van der Waals surface area contributed by atoms with Gasteiger partial charge in [0.25, 0.3) is 0 Å². The summed E-state index contributed by atoms with van der Waals surface area (Å²) in [5.41, 5.74) is 2.84. The van der Waals surface area contributed by atoms with Gasteiger partial charge in [-0.15, -0.1) is 0 Å². The first-order chi connectivity index (χ1) is 11.8. The second-order valence-electron chi connectivity index (χ2n) is 5.39. The molecule has 120 valence electrons. The summed E-state index contributed by atoms with van der Waals surface area (Å²) in [4.78, 5) is 0. The average Bonchev–Trinajstić information content (AvgIpc) is 2.64. The van der Waals surface area contributed by atoms with Gasteiger partial charge in [0, 0.05) is 5.56 Å². The van der Waals surface area contributed by atoms with Crippen LogP contribution in [0.5, 0.6) is 0 Å². The number of hydrogen-bond acceptors (Lipinski definition) is 0. The Morgan fingerprint density at radius 3 is 1.50 bits per heavy atom. The lowest BCUT2D eigenvalue weighted by Crippen LogP contribution is -2.23. The van der Waals surface area contributed by atoms with Crippen molar-refractivity contribution < 1.29 is 13.4 Å². The molecule has 0 saturated heterocycles. The van der Waals surface area contributed by atoms with Gasteiger partial charge in [0.05, 0.1) is 5.71 Å². The fourth-order valence-corrected chi connectivity index (χ4v) is 2.66. The number of benzene rings is 3. The summed E-state index contributed by atoms with van der Waals surface area (Å²) in [6.07, 6.45) is 0. The number of rotatable bonds is 5. The Labute approximate surface area is 140 Å². The Bertz CT molecular complexity index is 756. The van der Waals surface area contributed by atoms with Gasteiger partial charge in [-0.25, -0.2) is 8.78 Å². The van der Waals surface area contributed by atoms with E-state index in [0.29, 0.717) is 5.71 Å². The Morgan fingerprint density at radius 2 is 1.08 bits per heavy atom. The lowest BCUT2D eigenvalue weighted by Gasteiger charge is -2.19. The van der Waals surface area contributed by atoms with E-state index in [4.69, 9.17) is 0 Å². The second-order valence-corrected chi connectivity index (χ2v) is 5.39. The monoisotopic (exact) mass is 321 g/mol. The summed E-state index contributed by atoms with van der Waals surface area (Å²) in [5, 5.41) is 0. The third-order valence-electron chi connectivity index (χ3n) is 3.75. The average molecular weight is 321 g/mol. The molecule has 0 aliphatic rings. The summed E-state index contributed by atoms with van der Waals surface area (Å²) in [7, 11) is 0. The molecule has 3 rings (SSSR count). The number of halogens is 2. The van der Waals surface area contributed by atoms with E-state index in [-0.39, 0.29) is 6.54 Å².